The predicted molar refractivity (Wildman–Crippen MR) is 226 cm³/mol. The van der Waals surface area contributed by atoms with Crippen molar-refractivity contribution in [2.75, 3.05) is 0 Å². The van der Waals surface area contributed by atoms with Crippen LogP contribution < -0.4 is 0 Å². The van der Waals surface area contributed by atoms with Gasteiger partial charge < -0.3 is 13.7 Å². The average Bonchev–Trinajstić information content (AvgIpc) is 3.90. The average molecular weight is 700 g/mol. The zero-order chi connectivity index (χ0) is 36.6. The van der Waals surface area contributed by atoms with E-state index in [2.05, 4.69) is 170 Å². The maximum Gasteiger partial charge on any atom is 0.196 e. The lowest BCUT2D eigenvalue weighted by Gasteiger charge is -2.16. The van der Waals surface area contributed by atoms with E-state index in [0.717, 1.165) is 82.8 Å². The number of aromatic nitrogens is 3. The summed E-state index contributed by atoms with van der Waals surface area (Å²) in [5.41, 5.74) is 12.4. The second-order valence-corrected chi connectivity index (χ2v) is 13.9. The van der Waals surface area contributed by atoms with Gasteiger partial charge in [-0.25, -0.2) is 4.85 Å². The van der Waals surface area contributed by atoms with Crippen molar-refractivity contribution < 1.29 is 0 Å². The smallest absolute Gasteiger partial charge is 0.196 e. The maximum absolute atomic E-state index is 10.0. The van der Waals surface area contributed by atoms with Crippen molar-refractivity contribution in [2.45, 2.75) is 0 Å². The van der Waals surface area contributed by atoms with Crippen LogP contribution in [0.15, 0.2) is 176 Å². The van der Waals surface area contributed by atoms with Crippen molar-refractivity contribution in [1.82, 2.24) is 13.7 Å². The highest BCUT2D eigenvalue weighted by Crippen LogP contribution is 2.42. The van der Waals surface area contributed by atoms with Crippen molar-refractivity contribution >= 4 is 71.1 Å². The number of benzene rings is 8. The van der Waals surface area contributed by atoms with Gasteiger partial charge in [0.2, 0.25) is 0 Å². The standard InChI is InChI=1S/C50H29N5/c1-52-43-30-35(28-29-36(43)32-24-26-34(27-25-32)53-44-19-6-4-15-39(44)41-17-10-12-33(31-51)49(41)53)54-45-20-7-5-16-40(45)42-18-11-23-48(50(42)54)55-46-21-8-2-13-37(46)38-14-3-9-22-47(38)55/h2-30H. The Bertz CT molecular complexity index is 3400. The normalized spacial score (nSPS) is 11.6. The molecule has 0 aliphatic rings. The summed E-state index contributed by atoms with van der Waals surface area (Å²) in [7, 11) is 0. The summed E-state index contributed by atoms with van der Waals surface area (Å²) in [4.78, 5) is 4.10. The topological polar surface area (TPSA) is 42.9 Å². The Kier molecular flexibility index (Phi) is 6.61. The van der Waals surface area contributed by atoms with E-state index < -0.39 is 0 Å². The van der Waals surface area contributed by atoms with E-state index in [4.69, 9.17) is 6.57 Å². The summed E-state index contributed by atoms with van der Waals surface area (Å²) in [5, 5.41) is 16.9. The fourth-order valence-electron chi connectivity index (χ4n) is 8.79. The quantitative estimate of drug-likeness (QED) is 0.169. The largest absolute Gasteiger partial charge is 0.308 e. The third-order valence-corrected chi connectivity index (χ3v) is 11.1. The van der Waals surface area contributed by atoms with Crippen LogP contribution >= 0.6 is 0 Å². The molecule has 0 aliphatic heterocycles. The number of rotatable bonds is 4. The minimum Gasteiger partial charge on any atom is -0.308 e. The maximum atomic E-state index is 10.0. The van der Waals surface area contributed by atoms with Crippen molar-refractivity contribution in [2.24, 2.45) is 0 Å². The van der Waals surface area contributed by atoms with E-state index in [-0.39, 0.29) is 0 Å². The number of nitriles is 1. The molecule has 0 fully saturated rings. The predicted octanol–water partition coefficient (Wildman–Crippen LogP) is 13.1. The SMILES string of the molecule is [C-]#[N+]c1cc(-n2c3ccccc3c3cccc(-n4c5ccccc5c5ccccc54)c32)ccc1-c1ccc(-n2c3ccccc3c3cccc(C#N)c32)cc1. The Hall–Kier alpha value is -7.86. The Morgan fingerprint density at radius 3 is 1.49 bits per heavy atom. The molecule has 254 valence electrons. The van der Waals surface area contributed by atoms with Gasteiger partial charge in [-0.15, -0.1) is 0 Å². The summed E-state index contributed by atoms with van der Waals surface area (Å²) in [5.74, 6) is 0. The molecule has 11 aromatic rings. The number of hydrogen-bond acceptors (Lipinski definition) is 1. The minimum absolute atomic E-state index is 0.578. The van der Waals surface area contributed by atoms with E-state index >= 15 is 0 Å². The van der Waals surface area contributed by atoms with Crippen LogP contribution in [-0.2, 0) is 0 Å². The summed E-state index contributed by atoms with van der Waals surface area (Å²) >= 11 is 0. The molecule has 0 bridgehead atoms. The summed E-state index contributed by atoms with van der Waals surface area (Å²) in [6, 6.07) is 63.4. The molecule has 0 amide bonds. The van der Waals surface area contributed by atoms with Gasteiger partial charge in [-0.05, 0) is 71.8 Å². The Morgan fingerprint density at radius 1 is 0.436 bits per heavy atom. The molecule has 0 spiro atoms. The molecule has 55 heavy (non-hydrogen) atoms. The first-order chi connectivity index (χ1) is 27.2. The van der Waals surface area contributed by atoms with E-state index in [1.54, 1.807) is 0 Å². The summed E-state index contributed by atoms with van der Waals surface area (Å²) in [6.07, 6.45) is 0. The lowest BCUT2D eigenvalue weighted by Crippen LogP contribution is -2.00. The molecule has 5 heteroatoms. The molecule has 0 radical (unpaired) electrons. The molecular formula is C50H29N5. The lowest BCUT2D eigenvalue weighted by molar-refractivity contribution is 1.13. The Labute approximate surface area is 316 Å². The molecule has 5 nitrogen and oxygen atoms in total. The summed E-state index contributed by atoms with van der Waals surface area (Å²) < 4.78 is 6.87. The van der Waals surface area contributed by atoms with Crippen LogP contribution in [0, 0.1) is 17.9 Å². The molecule has 0 N–H and O–H groups in total. The first-order valence-electron chi connectivity index (χ1n) is 18.3. The third-order valence-electron chi connectivity index (χ3n) is 11.1. The molecule has 0 aliphatic carbocycles. The van der Waals surface area contributed by atoms with Gasteiger partial charge >= 0.3 is 0 Å². The number of hydrogen-bond donors (Lipinski definition) is 0. The van der Waals surface area contributed by atoms with Crippen LogP contribution in [0.4, 0.5) is 5.69 Å². The van der Waals surface area contributed by atoms with Gasteiger partial charge in [-0.2, -0.15) is 5.26 Å². The van der Waals surface area contributed by atoms with Crippen LogP contribution in [0.1, 0.15) is 5.56 Å². The number of para-hydroxylation sites is 6. The van der Waals surface area contributed by atoms with E-state index in [1.807, 2.05) is 30.3 Å². The molecule has 11 rings (SSSR count). The van der Waals surface area contributed by atoms with Crippen LogP contribution in [-0.4, -0.2) is 13.7 Å². The Balaban J connectivity index is 1.09. The first-order valence-corrected chi connectivity index (χ1v) is 18.3. The fraction of sp³-hybridized carbons (Fsp3) is 0. The molecular weight excluding hydrogens is 671 g/mol. The third kappa shape index (κ3) is 4.39. The molecule has 3 aromatic heterocycles. The zero-order valence-corrected chi connectivity index (χ0v) is 29.5. The van der Waals surface area contributed by atoms with Gasteiger partial charge in [-0.1, -0.05) is 115 Å². The first kappa shape index (κ1) is 30.7. The Morgan fingerprint density at radius 2 is 0.909 bits per heavy atom. The van der Waals surface area contributed by atoms with Crippen LogP contribution in [0.3, 0.4) is 0 Å². The van der Waals surface area contributed by atoms with Crippen LogP contribution in [0.25, 0.3) is 98.5 Å². The van der Waals surface area contributed by atoms with Gasteiger partial charge in [0, 0.05) is 43.7 Å². The second kappa shape index (κ2) is 11.8. The van der Waals surface area contributed by atoms with E-state index in [9.17, 15) is 5.26 Å². The molecule has 3 heterocycles. The highest BCUT2D eigenvalue weighted by Gasteiger charge is 2.21. The molecule has 0 unspecified atom stereocenters. The highest BCUT2D eigenvalue weighted by molar-refractivity contribution is 6.15. The molecule has 8 aromatic carbocycles. The monoisotopic (exact) mass is 699 g/mol. The number of fused-ring (bicyclic) bond motifs is 9. The van der Waals surface area contributed by atoms with E-state index in [1.165, 1.54) is 10.8 Å². The van der Waals surface area contributed by atoms with Gasteiger partial charge in [0.25, 0.3) is 0 Å². The summed E-state index contributed by atoms with van der Waals surface area (Å²) in [6.45, 7) is 8.38. The minimum atomic E-state index is 0.578. The van der Waals surface area contributed by atoms with Crippen LogP contribution in [0.2, 0.25) is 0 Å². The van der Waals surface area contributed by atoms with Gasteiger partial charge in [0.05, 0.1) is 50.9 Å². The van der Waals surface area contributed by atoms with Crippen LogP contribution in [0.5, 0.6) is 0 Å². The number of nitrogens with zero attached hydrogens (tertiary/aromatic N) is 5. The van der Waals surface area contributed by atoms with Crippen molar-refractivity contribution in [3.8, 4) is 34.3 Å². The second-order valence-electron chi connectivity index (χ2n) is 13.9. The van der Waals surface area contributed by atoms with Crippen molar-refractivity contribution in [3.63, 3.8) is 0 Å². The van der Waals surface area contributed by atoms with Crippen molar-refractivity contribution in [3.05, 3.63) is 193 Å². The van der Waals surface area contributed by atoms with Crippen molar-refractivity contribution in [1.29, 1.82) is 5.26 Å². The molecule has 0 atom stereocenters. The fourth-order valence-corrected chi connectivity index (χ4v) is 8.79. The highest BCUT2D eigenvalue weighted by atomic mass is 15.1. The van der Waals surface area contributed by atoms with Gasteiger partial charge in [0.1, 0.15) is 6.07 Å². The van der Waals surface area contributed by atoms with E-state index in [0.29, 0.717) is 11.3 Å². The zero-order valence-electron chi connectivity index (χ0n) is 29.5. The molecule has 0 saturated carbocycles. The van der Waals surface area contributed by atoms with Gasteiger partial charge in [-0.3, -0.25) is 0 Å². The lowest BCUT2D eigenvalue weighted by atomic mass is 10.0. The molecule has 0 saturated heterocycles. The van der Waals surface area contributed by atoms with Gasteiger partial charge in [0.15, 0.2) is 5.69 Å².